The molecule has 4 saturated heterocycles. The van der Waals surface area contributed by atoms with E-state index < -0.39 is 144 Å². The number of hydrogen-bond acceptors (Lipinski definition) is 17. The van der Waals surface area contributed by atoms with Crippen molar-refractivity contribution < 1.29 is 83.3 Å². The van der Waals surface area contributed by atoms with Gasteiger partial charge < -0.3 is 68.9 Å². The molecular weight excluding hydrogens is 788 g/mol. The van der Waals surface area contributed by atoms with Gasteiger partial charge in [0.2, 0.25) is 0 Å². The average molecular weight is 845 g/mol. The van der Waals surface area contributed by atoms with Crippen molar-refractivity contribution in [3.63, 3.8) is 0 Å². The highest BCUT2D eigenvalue weighted by molar-refractivity contribution is 6.32. The van der Waals surface area contributed by atoms with E-state index in [4.69, 9.17) is 33.2 Å². The van der Waals surface area contributed by atoms with E-state index in [1.165, 1.54) is 31.2 Å². The van der Waals surface area contributed by atoms with Crippen LogP contribution in [0, 0.1) is 0 Å². The van der Waals surface area contributed by atoms with Crippen LogP contribution in [0.25, 0.3) is 0 Å². The first-order valence-electron chi connectivity index (χ1n) is 20.9. The minimum atomic E-state index is -2.47. The molecule has 0 radical (unpaired) electrons. The van der Waals surface area contributed by atoms with E-state index in [0.717, 1.165) is 0 Å². The molecule has 60 heavy (non-hydrogen) atoms. The number of aliphatic hydroxyl groups is 6. The Hall–Kier alpha value is -3.01. The third-order valence-electron chi connectivity index (χ3n) is 13.3. The predicted octanol–water partition coefficient (Wildman–Crippen LogP) is 1.49. The monoisotopic (exact) mass is 844 g/mol. The molecule has 8 rings (SSSR count). The van der Waals surface area contributed by atoms with E-state index in [1.807, 2.05) is 6.92 Å². The summed E-state index contributed by atoms with van der Waals surface area (Å²) in [5.74, 6) is -3.03. The first-order chi connectivity index (χ1) is 28.2. The Bertz CT molecular complexity index is 1930. The highest BCUT2D eigenvalue weighted by Gasteiger charge is 2.69. The number of benzene rings is 1. The number of Topliss-reactive ketones (excluding diaryl/α,β-unsaturated/α-hetero) is 3. The van der Waals surface area contributed by atoms with E-state index in [1.54, 1.807) is 20.8 Å². The number of phenols is 1. The molecule has 0 bridgehead atoms. The maximum atomic E-state index is 14.7. The van der Waals surface area contributed by atoms with Crippen LogP contribution in [0.3, 0.4) is 0 Å². The van der Waals surface area contributed by atoms with E-state index >= 15 is 0 Å². The molecule has 17 atom stereocenters. The van der Waals surface area contributed by atoms with Crippen molar-refractivity contribution in [2.75, 3.05) is 0 Å². The largest absolute Gasteiger partial charge is 0.507 e. The zero-order valence-electron chi connectivity index (χ0n) is 34.3. The zero-order valence-corrected chi connectivity index (χ0v) is 34.3. The molecular formula is C43H56O17. The van der Waals surface area contributed by atoms with Gasteiger partial charge >= 0.3 is 0 Å². The van der Waals surface area contributed by atoms with Crippen LogP contribution in [0.2, 0.25) is 0 Å². The van der Waals surface area contributed by atoms with Crippen molar-refractivity contribution in [3.8, 4) is 5.75 Å². The van der Waals surface area contributed by atoms with Crippen molar-refractivity contribution in [3.05, 3.63) is 52.1 Å². The Morgan fingerprint density at radius 3 is 2.08 bits per heavy atom. The number of allylic oxidation sites excluding steroid dienone is 2. The lowest BCUT2D eigenvalue weighted by Gasteiger charge is -2.55. The highest BCUT2D eigenvalue weighted by atomic mass is 16.7. The normalized spacial score (nSPS) is 45.9. The summed E-state index contributed by atoms with van der Waals surface area (Å²) in [6.07, 6.45) is -8.39. The van der Waals surface area contributed by atoms with E-state index in [9.17, 15) is 50.1 Å². The van der Waals surface area contributed by atoms with Gasteiger partial charge in [0.25, 0.3) is 0 Å². The summed E-state index contributed by atoms with van der Waals surface area (Å²) in [5.41, 5.74) is -7.56. The Morgan fingerprint density at radius 1 is 0.717 bits per heavy atom. The number of rotatable bonds is 7. The van der Waals surface area contributed by atoms with Crippen molar-refractivity contribution in [2.45, 2.75) is 189 Å². The van der Waals surface area contributed by atoms with Gasteiger partial charge in [-0.05, 0) is 59.6 Å². The Balaban J connectivity index is 1.03. The lowest BCUT2D eigenvalue weighted by atomic mass is 9.57. The number of phenolic OH excluding ortho intramolecular Hbond substituents is 1. The molecule has 330 valence electrons. The number of fused-ring (bicyclic) bond motifs is 3. The molecule has 1 aromatic rings. The maximum Gasteiger partial charge on any atom is 0.198 e. The van der Waals surface area contributed by atoms with Crippen LogP contribution in [-0.2, 0) is 38.0 Å². The molecule has 1 saturated carbocycles. The number of carbonyl (C=O) groups excluding carboxylic acids is 3. The van der Waals surface area contributed by atoms with E-state index in [0.29, 0.717) is 12.8 Å². The van der Waals surface area contributed by atoms with Crippen molar-refractivity contribution in [2.24, 2.45) is 0 Å². The van der Waals surface area contributed by atoms with Gasteiger partial charge in [-0.1, -0.05) is 12.1 Å². The van der Waals surface area contributed by atoms with Gasteiger partial charge in [-0.15, -0.1) is 0 Å². The van der Waals surface area contributed by atoms with Crippen molar-refractivity contribution in [1.29, 1.82) is 0 Å². The summed E-state index contributed by atoms with van der Waals surface area (Å²) in [5, 5.41) is 76.8. The van der Waals surface area contributed by atoms with Crippen LogP contribution in [0.5, 0.6) is 5.75 Å². The molecule has 4 heterocycles. The summed E-state index contributed by atoms with van der Waals surface area (Å²) in [4.78, 5) is 43.5. The fourth-order valence-electron chi connectivity index (χ4n) is 10.1. The summed E-state index contributed by atoms with van der Waals surface area (Å²) >= 11 is 0. The number of carbonyl (C=O) groups is 3. The maximum absolute atomic E-state index is 14.7. The second-order valence-electron chi connectivity index (χ2n) is 17.9. The molecule has 4 aliphatic heterocycles. The van der Waals surface area contributed by atoms with Crippen LogP contribution in [0.4, 0.5) is 0 Å². The minimum absolute atomic E-state index is 0.0307. The molecule has 0 amide bonds. The standard InChI is InChI=1S/C43H56O17/c1-18-25(44)8-10-32(55-18)60-43-30(46)16-41(5,52)17-42(43,53)13-12-24-35(43)40(51)23-7-6-22(38(49)34(23)39(24)50)28-15-29(37(48)21(4)54-28)59-31-11-9-27(19(2)56-31)58-33-14-26(45)36(47)20(3)57-33/h6-7,12-13,18-21,25-29,31-33,36-37,44-45,47-49,52-53H,8-11,14-17H2,1-5H3/t18-,19-,20+,21+,25-,26+,27-,28+,29+,31-,32?,33-,36+,37+,41-,42-,43-/m0/s1. The van der Waals surface area contributed by atoms with E-state index in [-0.39, 0.29) is 47.9 Å². The lowest BCUT2D eigenvalue weighted by Crippen LogP contribution is -2.71. The summed E-state index contributed by atoms with van der Waals surface area (Å²) in [6, 6.07) is 2.78. The van der Waals surface area contributed by atoms with Gasteiger partial charge in [-0.2, -0.15) is 0 Å². The fraction of sp³-hybridized carbons (Fsp3) is 0.698. The van der Waals surface area contributed by atoms with Crippen LogP contribution in [0.15, 0.2) is 35.4 Å². The molecule has 1 aromatic carbocycles. The molecule has 1 unspecified atom stereocenters. The highest BCUT2D eigenvalue weighted by Crippen LogP contribution is 2.55. The molecule has 3 aliphatic carbocycles. The van der Waals surface area contributed by atoms with Crippen LogP contribution >= 0.6 is 0 Å². The van der Waals surface area contributed by atoms with Crippen molar-refractivity contribution in [1.82, 2.24) is 0 Å². The van der Waals surface area contributed by atoms with Crippen LogP contribution in [-0.4, -0.2) is 150 Å². The lowest BCUT2D eigenvalue weighted by molar-refractivity contribution is -0.306. The van der Waals surface area contributed by atoms with Gasteiger partial charge in [-0.3, -0.25) is 14.4 Å². The number of hydrogen-bond donors (Lipinski definition) is 7. The second-order valence-corrected chi connectivity index (χ2v) is 17.9. The fourth-order valence-corrected chi connectivity index (χ4v) is 10.1. The van der Waals surface area contributed by atoms with Gasteiger partial charge in [0.05, 0.1) is 71.7 Å². The molecule has 0 aromatic heterocycles. The SMILES string of the molecule is C[C@@H]1O[C@@H](O[C@@H]2C[C@H](c3ccc4c(c3O)C(=O)C3=C(C4=O)[C@@]4(OC5CC[C@H](O)[C@H](C)O5)C(=O)C[C@](C)(O)C[C@@]4(O)C=C3)O[C@H](C)[C@H]2O)CC[C@@H]1O[C@H]1C[C@@H](O)[C@H](O)[C@@H](C)O1. The minimum Gasteiger partial charge on any atom is -0.507 e. The van der Waals surface area contributed by atoms with Gasteiger partial charge in [0.1, 0.15) is 23.6 Å². The third kappa shape index (κ3) is 7.42. The van der Waals surface area contributed by atoms with Crippen LogP contribution in [0.1, 0.15) is 118 Å². The smallest absolute Gasteiger partial charge is 0.198 e. The summed E-state index contributed by atoms with van der Waals surface area (Å²) in [6.45, 7) is 8.11. The van der Waals surface area contributed by atoms with Crippen molar-refractivity contribution >= 4 is 17.3 Å². The topological polar surface area (TPSA) is 257 Å². The molecule has 17 nitrogen and oxygen atoms in total. The molecule has 0 spiro atoms. The number of ketones is 3. The second kappa shape index (κ2) is 16.0. The average Bonchev–Trinajstić information content (AvgIpc) is 3.17. The summed E-state index contributed by atoms with van der Waals surface area (Å²) < 4.78 is 42.7. The van der Waals surface area contributed by atoms with Gasteiger partial charge in [0, 0.05) is 55.2 Å². The number of aromatic hydroxyl groups is 1. The third-order valence-corrected chi connectivity index (χ3v) is 13.3. The Labute approximate surface area is 346 Å². The van der Waals surface area contributed by atoms with Crippen LogP contribution < -0.4 is 0 Å². The molecule has 7 N–H and O–H groups in total. The molecule has 17 heteroatoms. The molecule has 5 fully saturated rings. The first-order valence-corrected chi connectivity index (χ1v) is 20.9. The number of aliphatic hydroxyl groups excluding tert-OH is 4. The Morgan fingerprint density at radius 2 is 1.38 bits per heavy atom. The first kappa shape index (κ1) is 43.6. The molecule has 7 aliphatic rings. The summed E-state index contributed by atoms with van der Waals surface area (Å²) in [7, 11) is 0. The Kier molecular flexibility index (Phi) is 11.6. The quantitative estimate of drug-likeness (QED) is 0.205. The predicted molar refractivity (Wildman–Crippen MR) is 204 cm³/mol. The van der Waals surface area contributed by atoms with Gasteiger partial charge in [0.15, 0.2) is 41.8 Å². The van der Waals surface area contributed by atoms with Gasteiger partial charge in [-0.25, -0.2) is 0 Å². The zero-order chi connectivity index (χ0) is 43.2. The van der Waals surface area contributed by atoms with E-state index in [2.05, 4.69) is 0 Å². The number of ether oxygens (including phenoxy) is 7.